The molecule has 2 N–H and O–H groups in total. The van der Waals surface area contributed by atoms with Gasteiger partial charge in [0.2, 0.25) is 0 Å². The molecule has 2 aromatic rings. The first kappa shape index (κ1) is 17.7. The average molecular weight is 388 g/mol. The summed E-state index contributed by atoms with van der Waals surface area (Å²) in [6.07, 6.45) is 3.02. The number of rotatable bonds is 4. The van der Waals surface area contributed by atoms with E-state index in [0.29, 0.717) is 5.56 Å². The molecule has 0 saturated heterocycles. The average Bonchev–Trinajstić information content (AvgIpc) is 2.59. The van der Waals surface area contributed by atoms with Crippen molar-refractivity contribution in [1.82, 2.24) is 10.9 Å². The van der Waals surface area contributed by atoms with Crippen LogP contribution in [0.2, 0.25) is 0 Å². The Hall–Kier alpha value is -2.60. The number of carbonyl (C=O) groups excluding carboxylic acids is 2. The summed E-state index contributed by atoms with van der Waals surface area (Å²) in [5, 5.41) is 0. The number of hydrogen-bond donors (Lipinski definition) is 2. The van der Waals surface area contributed by atoms with Crippen molar-refractivity contribution in [2.75, 3.05) is 19.0 Å². The number of carbonyl (C=O) groups is 2. The fraction of sp³-hybridized carbons (Fsp3) is 0.111. The molecule has 0 bridgehead atoms. The summed E-state index contributed by atoms with van der Waals surface area (Å²) in [6, 6.07) is 14.7. The van der Waals surface area contributed by atoms with E-state index in [0.717, 1.165) is 15.7 Å². The number of hydrazine groups is 1. The molecular weight excluding hydrogens is 370 g/mol. The third kappa shape index (κ3) is 4.96. The van der Waals surface area contributed by atoms with Gasteiger partial charge in [0.25, 0.3) is 11.8 Å². The van der Waals surface area contributed by atoms with Gasteiger partial charge < -0.3 is 4.90 Å². The largest absolute Gasteiger partial charge is 0.378 e. The van der Waals surface area contributed by atoms with Crippen LogP contribution in [0.1, 0.15) is 15.9 Å². The number of hydrogen-bond acceptors (Lipinski definition) is 3. The first-order valence-electron chi connectivity index (χ1n) is 7.27. The molecule has 24 heavy (non-hydrogen) atoms. The van der Waals surface area contributed by atoms with E-state index in [-0.39, 0.29) is 5.91 Å². The first-order chi connectivity index (χ1) is 11.5. The molecule has 6 heteroatoms. The molecule has 2 aromatic carbocycles. The fourth-order valence-corrected chi connectivity index (χ4v) is 2.35. The lowest BCUT2D eigenvalue weighted by Crippen LogP contribution is -2.40. The van der Waals surface area contributed by atoms with E-state index in [1.54, 1.807) is 24.3 Å². The fourth-order valence-electron chi connectivity index (χ4n) is 1.93. The second kappa shape index (κ2) is 8.31. The maximum atomic E-state index is 12.1. The Balaban J connectivity index is 1.93. The summed E-state index contributed by atoms with van der Waals surface area (Å²) in [4.78, 5) is 25.8. The van der Waals surface area contributed by atoms with Crippen LogP contribution in [0, 0.1) is 0 Å². The van der Waals surface area contributed by atoms with Crippen LogP contribution in [0.25, 0.3) is 6.08 Å². The highest BCUT2D eigenvalue weighted by atomic mass is 79.9. The smallest absolute Gasteiger partial charge is 0.269 e. The molecular formula is C18H18BrN3O2. The number of halogens is 1. The molecule has 0 aliphatic rings. The minimum absolute atomic E-state index is 0.374. The lowest BCUT2D eigenvalue weighted by Gasteiger charge is -2.13. The van der Waals surface area contributed by atoms with Gasteiger partial charge in [-0.05, 0) is 35.9 Å². The Morgan fingerprint density at radius 1 is 1.04 bits per heavy atom. The van der Waals surface area contributed by atoms with Crippen LogP contribution in [0.5, 0.6) is 0 Å². The van der Waals surface area contributed by atoms with Gasteiger partial charge >= 0.3 is 0 Å². The van der Waals surface area contributed by atoms with Crippen LogP contribution >= 0.6 is 15.9 Å². The van der Waals surface area contributed by atoms with Crippen molar-refractivity contribution in [1.29, 1.82) is 0 Å². The van der Waals surface area contributed by atoms with Crippen LogP contribution < -0.4 is 15.8 Å². The topological polar surface area (TPSA) is 61.4 Å². The van der Waals surface area contributed by atoms with Crippen LogP contribution in [0.4, 0.5) is 5.69 Å². The zero-order chi connectivity index (χ0) is 17.5. The van der Waals surface area contributed by atoms with E-state index in [4.69, 9.17) is 0 Å². The minimum atomic E-state index is -0.414. The molecule has 2 rings (SSSR count). The van der Waals surface area contributed by atoms with Crippen LogP contribution in [-0.2, 0) is 4.79 Å². The van der Waals surface area contributed by atoms with Crippen LogP contribution in [0.15, 0.2) is 59.1 Å². The summed E-state index contributed by atoms with van der Waals surface area (Å²) in [5.74, 6) is -0.788. The molecule has 0 unspecified atom stereocenters. The molecule has 0 spiro atoms. The van der Waals surface area contributed by atoms with Gasteiger partial charge in [0, 0.05) is 35.9 Å². The molecule has 0 radical (unpaired) electrons. The zero-order valence-electron chi connectivity index (χ0n) is 13.4. The van der Waals surface area contributed by atoms with E-state index in [9.17, 15) is 9.59 Å². The number of amides is 2. The van der Waals surface area contributed by atoms with Crippen molar-refractivity contribution in [2.24, 2.45) is 0 Å². The van der Waals surface area contributed by atoms with Gasteiger partial charge in [0.1, 0.15) is 0 Å². The second-order valence-corrected chi connectivity index (χ2v) is 6.10. The molecule has 0 aliphatic heterocycles. The van der Waals surface area contributed by atoms with Gasteiger partial charge in [-0.2, -0.15) is 0 Å². The van der Waals surface area contributed by atoms with Crippen molar-refractivity contribution in [3.05, 3.63) is 70.2 Å². The molecule has 2 amide bonds. The third-order valence-corrected chi connectivity index (χ3v) is 3.97. The van der Waals surface area contributed by atoms with Crippen molar-refractivity contribution >= 4 is 39.5 Å². The Bertz CT molecular complexity index is 772. The van der Waals surface area contributed by atoms with Crippen molar-refractivity contribution < 1.29 is 9.59 Å². The molecule has 0 heterocycles. The highest BCUT2D eigenvalue weighted by Gasteiger charge is 2.07. The van der Waals surface area contributed by atoms with Crippen LogP contribution in [0.3, 0.4) is 0 Å². The van der Waals surface area contributed by atoms with Crippen molar-refractivity contribution in [3.63, 3.8) is 0 Å². The van der Waals surface area contributed by atoms with E-state index in [2.05, 4.69) is 26.8 Å². The van der Waals surface area contributed by atoms with E-state index >= 15 is 0 Å². The van der Waals surface area contributed by atoms with E-state index in [1.165, 1.54) is 6.08 Å². The van der Waals surface area contributed by atoms with Crippen LogP contribution in [-0.4, -0.2) is 25.9 Å². The number of nitrogens with one attached hydrogen (secondary N) is 2. The molecule has 0 aliphatic carbocycles. The quantitative estimate of drug-likeness (QED) is 0.626. The highest BCUT2D eigenvalue weighted by Crippen LogP contribution is 2.17. The standard InChI is InChI=1S/C18H18BrN3O2/c1-22(2)15-8-5-7-14(12-15)18(24)21-20-17(23)11-10-13-6-3-4-9-16(13)19/h3-12H,1-2H3,(H,20,23)(H,21,24)/b11-10+. The van der Waals surface area contributed by atoms with Gasteiger partial charge in [0.05, 0.1) is 0 Å². The SMILES string of the molecule is CN(C)c1cccc(C(=O)NNC(=O)/C=C/c2ccccc2Br)c1. The van der Waals surface area contributed by atoms with Crippen molar-refractivity contribution in [2.45, 2.75) is 0 Å². The summed E-state index contributed by atoms with van der Waals surface area (Å²) in [7, 11) is 3.79. The Labute approximate surface area is 149 Å². The maximum Gasteiger partial charge on any atom is 0.269 e. The minimum Gasteiger partial charge on any atom is -0.378 e. The Morgan fingerprint density at radius 3 is 2.50 bits per heavy atom. The predicted octanol–water partition coefficient (Wildman–Crippen LogP) is 2.99. The maximum absolute atomic E-state index is 12.1. The molecule has 0 atom stereocenters. The van der Waals surface area contributed by atoms with Crippen molar-refractivity contribution in [3.8, 4) is 0 Å². The van der Waals surface area contributed by atoms with E-state index in [1.807, 2.05) is 49.3 Å². The Kier molecular flexibility index (Phi) is 6.14. The van der Waals surface area contributed by atoms with Gasteiger partial charge in [-0.25, -0.2) is 0 Å². The number of nitrogens with zero attached hydrogens (tertiary/aromatic N) is 1. The molecule has 0 saturated carbocycles. The van der Waals surface area contributed by atoms with E-state index < -0.39 is 5.91 Å². The monoisotopic (exact) mass is 387 g/mol. The lowest BCUT2D eigenvalue weighted by atomic mass is 10.2. The zero-order valence-corrected chi connectivity index (χ0v) is 15.0. The second-order valence-electron chi connectivity index (χ2n) is 5.24. The normalized spacial score (nSPS) is 10.5. The summed E-state index contributed by atoms with van der Waals surface area (Å²) in [6.45, 7) is 0. The molecule has 124 valence electrons. The van der Waals surface area contributed by atoms with Gasteiger partial charge in [-0.3, -0.25) is 20.4 Å². The van der Waals surface area contributed by atoms with Gasteiger partial charge in [0.15, 0.2) is 0 Å². The predicted molar refractivity (Wildman–Crippen MR) is 99.6 cm³/mol. The lowest BCUT2D eigenvalue weighted by molar-refractivity contribution is -0.117. The summed E-state index contributed by atoms with van der Waals surface area (Å²) >= 11 is 3.40. The molecule has 0 aromatic heterocycles. The first-order valence-corrected chi connectivity index (χ1v) is 8.07. The summed E-state index contributed by atoms with van der Waals surface area (Å²) in [5.41, 5.74) is 7.01. The third-order valence-electron chi connectivity index (χ3n) is 3.24. The van der Waals surface area contributed by atoms with Gasteiger partial charge in [-0.15, -0.1) is 0 Å². The molecule has 5 nitrogen and oxygen atoms in total. The number of benzene rings is 2. The highest BCUT2D eigenvalue weighted by molar-refractivity contribution is 9.10. The van der Waals surface area contributed by atoms with Gasteiger partial charge in [-0.1, -0.05) is 40.2 Å². The summed E-state index contributed by atoms with van der Waals surface area (Å²) < 4.78 is 0.888. The number of anilines is 1. The molecule has 0 fully saturated rings. The Morgan fingerprint density at radius 2 is 1.79 bits per heavy atom.